The Labute approximate surface area is 119 Å². The number of hydrogen-bond acceptors (Lipinski definition) is 2. The summed E-state index contributed by atoms with van der Waals surface area (Å²) in [6.07, 6.45) is -0.396. The fourth-order valence-corrected chi connectivity index (χ4v) is 2.20. The lowest BCUT2D eigenvalue weighted by molar-refractivity contribution is -0.150. The van der Waals surface area contributed by atoms with Gasteiger partial charge in [-0.15, -0.1) is 0 Å². The number of carboxylic acids is 1. The van der Waals surface area contributed by atoms with Crippen LogP contribution < -0.4 is 0 Å². The van der Waals surface area contributed by atoms with Gasteiger partial charge in [0, 0.05) is 6.42 Å². The van der Waals surface area contributed by atoms with Crippen LogP contribution in [0.5, 0.6) is 0 Å². The third-order valence-electron chi connectivity index (χ3n) is 3.19. The molecule has 0 heterocycles. The fraction of sp³-hybridized carbons (Fsp3) is 0.353. The van der Waals surface area contributed by atoms with E-state index in [-0.39, 0.29) is 0 Å². The molecule has 2 aromatic carbocycles. The van der Waals surface area contributed by atoms with Gasteiger partial charge in [0.1, 0.15) is 0 Å². The van der Waals surface area contributed by atoms with Crippen molar-refractivity contribution in [3.05, 3.63) is 48.0 Å². The fourth-order valence-electron chi connectivity index (χ4n) is 2.20. The van der Waals surface area contributed by atoms with Crippen molar-refractivity contribution < 1.29 is 14.6 Å². The topological polar surface area (TPSA) is 46.5 Å². The van der Waals surface area contributed by atoms with Crippen molar-refractivity contribution in [2.75, 3.05) is 6.61 Å². The molecule has 0 bridgehead atoms. The van der Waals surface area contributed by atoms with E-state index < -0.39 is 12.1 Å². The van der Waals surface area contributed by atoms with Crippen molar-refractivity contribution in [1.82, 2.24) is 0 Å². The predicted octanol–water partition coefficient (Wildman–Crippen LogP) is 3.51. The molecule has 0 aliphatic carbocycles. The van der Waals surface area contributed by atoms with Gasteiger partial charge in [0.15, 0.2) is 6.10 Å². The third kappa shape index (κ3) is 3.58. The highest BCUT2D eigenvalue weighted by Crippen LogP contribution is 2.20. The SMILES string of the molecule is CC(C)COC(Cc1cccc2ccccc12)C(=O)O. The zero-order valence-corrected chi connectivity index (χ0v) is 11.9. The standard InChI is InChI=1S/C17H20O3/c1-12(2)11-20-16(17(18)19)10-14-8-5-7-13-6-3-4-9-15(13)14/h3-9,12,16H,10-11H2,1-2H3,(H,18,19). The molecule has 106 valence electrons. The molecule has 0 spiro atoms. The van der Waals surface area contributed by atoms with Crippen LogP contribution in [0, 0.1) is 5.92 Å². The molecule has 3 nitrogen and oxygen atoms in total. The maximum absolute atomic E-state index is 11.3. The van der Waals surface area contributed by atoms with Crippen molar-refractivity contribution in [3.63, 3.8) is 0 Å². The summed E-state index contributed by atoms with van der Waals surface area (Å²) in [6, 6.07) is 14.0. The van der Waals surface area contributed by atoms with Crippen LogP contribution in [0.3, 0.4) is 0 Å². The van der Waals surface area contributed by atoms with E-state index in [9.17, 15) is 9.90 Å². The van der Waals surface area contributed by atoms with Crippen LogP contribution in [0.15, 0.2) is 42.5 Å². The Hall–Kier alpha value is -1.87. The van der Waals surface area contributed by atoms with Gasteiger partial charge in [0.25, 0.3) is 0 Å². The number of carboxylic acid groups (broad SMARTS) is 1. The molecule has 1 atom stereocenters. The van der Waals surface area contributed by atoms with Crippen LogP contribution >= 0.6 is 0 Å². The maximum Gasteiger partial charge on any atom is 0.333 e. The molecule has 20 heavy (non-hydrogen) atoms. The van der Waals surface area contributed by atoms with Crippen molar-refractivity contribution in [2.24, 2.45) is 5.92 Å². The van der Waals surface area contributed by atoms with Crippen molar-refractivity contribution in [1.29, 1.82) is 0 Å². The maximum atomic E-state index is 11.3. The summed E-state index contributed by atoms with van der Waals surface area (Å²) < 4.78 is 5.52. The van der Waals surface area contributed by atoms with E-state index in [1.807, 2.05) is 56.3 Å². The number of ether oxygens (including phenoxy) is 1. The first kappa shape index (κ1) is 14.5. The Morgan fingerprint density at radius 2 is 1.85 bits per heavy atom. The van der Waals surface area contributed by atoms with Crippen molar-refractivity contribution in [2.45, 2.75) is 26.4 Å². The number of aliphatic carboxylic acids is 1. The second-order valence-electron chi connectivity index (χ2n) is 5.40. The van der Waals surface area contributed by atoms with Gasteiger partial charge >= 0.3 is 5.97 Å². The van der Waals surface area contributed by atoms with E-state index in [2.05, 4.69) is 0 Å². The minimum absolute atomic E-state index is 0.323. The molecule has 0 aromatic heterocycles. The monoisotopic (exact) mass is 272 g/mol. The Morgan fingerprint density at radius 3 is 2.55 bits per heavy atom. The summed E-state index contributed by atoms with van der Waals surface area (Å²) in [6.45, 7) is 4.48. The van der Waals surface area contributed by atoms with Crippen LogP contribution in [-0.2, 0) is 16.0 Å². The number of hydrogen-bond donors (Lipinski definition) is 1. The zero-order chi connectivity index (χ0) is 14.5. The molecule has 3 heteroatoms. The molecule has 0 saturated carbocycles. The van der Waals surface area contributed by atoms with Crippen LogP contribution in [0.4, 0.5) is 0 Å². The van der Waals surface area contributed by atoms with Crippen molar-refractivity contribution in [3.8, 4) is 0 Å². The quantitative estimate of drug-likeness (QED) is 0.875. The van der Waals surface area contributed by atoms with E-state index in [0.29, 0.717) is 18.9 Å². The van der Waals surface area contributed by atoms with Crippen LogP contribution in [0.25, 0.3) is 10.8 Å². The van der Waals surface area contributed by atoms with Gasteiger partial charge in [0.2, 0.25) is 0 Å². The molecule has 2 aromatic rings. The normalized spacial score (nSPS) is 12.8. The van der Waals surface area contributed by atoms with Gasteiger partial charge in [-0.3, -0.25) is 0 Å². The lowest BCUT2D eigenvalue weighted by atomic mass is 10.00. The Bertz CT molecular complexity index is 584. The summed E-state index contributed by atoms with van der Waals surface area (Å²) in [5.74, 6) is -0.581. The average Bonchev–Trinajstić information content (AvgIpc) is 2.43. The molecule has 0 saturated heterocycles. The van der Waals surface area contributed by atoms with Crippen molar-refractivity contribution >= 4 is 16.7 Å². The van der Waals surface area contributed by atoms with Gasteiger partial charge < -0.3 is 9.84 Å². The minimum Gasteiger partial charge on any atom is -0.479 e. The largest absolute Gasteiger partial charge is 0.479 e. The highest BCUT2D eigenvalue weighted by atomic mass is 16.5. The first-order valence-corrected chi connectivity index (χ1v) is 6.89. The minimum atomic E-state index is -0.904. The molecule has 1 N–H and O–H groups in total. The molecule has 0 radical (unpaired) electrons. The summed E-state index contributed by atoms with van der Waals surface area (Å²) in [5.41, 5.74) is 1.01. The summed E-state index contributed by atoms with van der Waals surface area (Å²) in [5, 5.41) is 11.5. The summed E-state index contributed by atoms with van der Waals surface area (Å²) in [4.78, 5) is 11.3. The molecule has 1 unspecified atom stereocenters. The highest BCUT2D eigenvalue weighted by molar-refractivity contribution is 5.86. The van der Waals surface area contributed by atoms with E-state index in [0.717, 1.165) is 16.3 Å². The van der Waals surface area contributed by atoms with Crippen LogP contribution in [0.1, 0.15) is 19.4 Å². The number of fused-ring (bicyclic) bond motifs is 1. The smallest absolute Gasteiger partial charge is 0.333 e. The number of rotatable bonds is 6. The van der Waals surface area contributed by atoms with E-state index in [1.54, 1.807) is 0 Å². The molecule has 0 amide bonds. The zero-order valence-electron chi connectivity index (χ0n) is 11.9. The average molecular weight is 272 g/mol. The Kier molecular flexibility index (Phi) is 4.74. The van der Waals surface area contributed by atoms with E-state index >= 15 is 0 Å². The molecule has 0 fully saturated rings. The lowest BCUT2D eigenvalue weighted by Crippen LogP contribution is -2.28. The molecular formula is C17H20O3. The first-order chi connectivity index (χ1) is 9.58. The van der Waals surface area contributed by atoms with Crippen LogP contribution in [0.2, 0.25) is 0 Å². The molecule has 0 aliphatic rings. The van der Waals surface area contributed by atoms with Crippen LogP contribution in [-0.4, -0.2) is 23.8 Å². The van der Waals surface area contributed by atoms with Gasteiger partial charge in [0.05, 0.1) is 6.61 Å². The van der Waals surface area contributed by atoms with E-state index in [4.69, 9.17) is 4.74 Å². The predicted molar refractivity (Wildman–Crippen MR) is 79.9 cm³/mol. The van der Waals surface area contributed by atoms with Gasteiger partial charge in [-0.05, 0) is 22.3 Å². The van der Waals surface area contributed by atoms with Gasteiger partial charge in [-0.25, -0.2) is 4.79 Å². The van der Waals surface area contributed by atoms with Gasteiger partial charge in [-0.2, -0.15) is 0 Å². The third-order valence-corrected chi connectivity index (χ3v) is 3.19. The molecular weight excluding hydrogens is 252 g/mol. The first-order valence-electron chi connectivity index (χ1n) is 6.89. The highest BCUT2D eigenvalue weighted by Gasteiger charge is 2.20. The number of benzene rings is 2. The lowest BCUT2D eigenvalue weighted by Gasteiger charge is -2.16. The Balaban J connectivity index is 2.22. The molecule has 0 aliphatic heterocycles. The van der Waals surface area contributed by atoms with Gasteiger partial charge in [-0.1, -0.05) is 56.3 Å². The second kappa shape index (κ2) is 6.53. The summed E-state index contributed by atoms with van der Waals surface area (Å²) >= 11 is 0. The Morgan fingerprint density at radius 1 is 1.15 bits per heavy atom. The molecule has 2 rings (SSSR count). The number of carbonyl (C=O) groups is 1. The summed E-state index contributed by atoms with van der Waals surface area (Å²) in [7, 11) is 0. The second-order valence-corrected chi connectivity index (χ2v) is 5.40. The van der Waals surface area contributed by atoms with E-state index in [1.165, 1.54) is 0 Å².